The predicted molar refractivity (Wildman–Crippen MR) is 67.6 cm³/mol. The lowest BCUT2D eigenvalue weighted by Gasteiger charge is -2.21. The molecule has 2 N–H and O–H groups in total. The molecule has 0 aliphatic heterocycles. The Kier molecular flexibility index (Phi) is 2.83. The van der Waals surface area contributed by atoms with Gasteiger partial charge in [-0.15, -0.1) is 11.3 Å². The molecule has 1 unspecified atom stereocenters. The van der Waals surface area contributed by atoms with Crippen LogP contribution in [0.1, 0.15) is 17.8 Å². The lowest BCUT2D eigenvalue weighted by Crippen LogP contribution is -2.33. The molecule has 1 heterocycles. The highest BCUT2D eigenvalue weighted by molar-refractivity contribution is 7.19. The summed E-state index contributed by atoms with van der Waals surface area (Å²) in [4.78, 5) is 13.8. The Morgan fingerprint density at radius 2 is 2.12 bits per heavy atom. The van der Waals surface area contributed by atoms with Gasteiger partial charge < -0.3 is 10.6 Å². The summed E-state index contributed by atoms with van der Waals surface area (Å²) < 4.78 is 1.24. The molecule has 84 valence electrons. The molecule has 1 aromatic heterocycles. The topological polar surface area (TPSA) is 46.3 Å². The van der Waals surface area contributed by atoms with Gasteiger partial charge >= 0.3 is 6.03 Å². The van der Waals surface area contributed by atoms with E-state index in [2.05, 4.69) is 18.2 Å². The highest BCUT2D eigenvalue weighted by Crippen LogP contribution is 2.31. The third-order valence-electron chi connectivity index (χ3n) is 2.78. The minimum Gasteiger partial charge on any atom is -0.351 e. The number of carbonyl (C=O) groups excluding carboxylic acids is 1. The number of primary amides is 1. The highest BCUT2D eigenvalue weighted by atomic mass is 32.1. The first kappa shape index (κ1) is 11.0. The standard InChI is InChI=1S/C12H14N2OS/c1-8(14(2)12(13)15)11-7-9-5-3-4-6-10(9)16-11/h3-8H,1-2H3,(H2,13,15). The average molecular weight is 234 g/mol. The first-order chi connectivity index (χ1) is 7.59. The van der Waals surface area contributed by atoms with Crippen molar-refractivity contribution in [2.45, 2.75) is 13.0 Å². The number of hydrogen-bond acceptors (Lipinski definition) is 2. The first-order valence-electron chi connectivity index (χ1n) is 5.10. The minimum absolute atomic E-state index is 0.0231. The number of thiophene rings is 1. The van der Waals surface area contributed by atoms with Crippen molar-refractivity contribution in [2.75, 3.05) is 7.05 Å². The van der Waals surface area contributed by atoms with E-state index in [1.807, 2.05) is 19.1 Å². The van der Waals surface area contributed by atoms with E-state index in [1.165, 1.54) is 10.1 Å². The van der Waals surface area contributed by atoms with Crippen LogP contribution >= 0.6 is 11.3 Å². The third-order valence-corrected chi connectivity index (χ3v) is 4.07. The quantitative estimate of drug-likeness (QED) is 0.853. The predicted octanol–water partition coefficient (Wildman–Crippen LogP) is 2.97. The van der Waals surface area contributed by atoms with Gasteiger partial charge in [-0.25, -0.2) is 4.79 Å². The van der Waals surface area contributed by atoms with Gasteiger partial charge in [0.1, 0.15) is 0 Å². The Morgan fingerprint density at radius 3 is 2.75 bits per heavy atom. The van der Waals surface area contributed by atoms with E-state index in [4.69, 9.17) is 5.73 Å². The van der Waals surface area contributed by atoms with Gasteiger partial charge in [0.2, 0.25) is 0 Å². The van der Waals surface area contributed by atoms with E-state index in [1.54, 1.807) is 23.3 Å². The van der Waals surface area contributed by atoms with E-state index in [0.29, 0.717) is 0 Å². The van der Waals surface area contributed by atoms with Gasteiger partial charge in [0.25, 0.3) is 0 Å². The molecule has 0 bridgehead atoms. The number of rotatable bonds is 2. The number of benzene rings is 1. The van der Waals surface area contributed by atoms with Crippen LogP contribution in [-0.2, 0) is 0 Å². The maximum atomic E-state index is 11.1. The van der Waals surface area contributed by atoms with Gasteiger partial charge in [-0.3, -0.25) is 0 Å². The summed E-state index contributed by atoms with van der Waals surface area (Å²) in [6.45, 7) is 1.98. The zero-order valence-electron chi connectivity index (χ0n) is 9.31. The second-order valence-corrected chi connectivity index (χ2v) is 4.93. The minimum atomic E-state index is -0.398. The van der Waals surface area contributed by atoms with Gasteiger partial charge in [0.05, 0.1) is 6.04 Å². The smallest absolute Gasteiger partial charge is 0.315 e. The summed E-state index contributed by atoms with van der Waals surface area (Å²) in [5.41, 5.74) is 5.26. The van der Waals surface area contributed by atoms with Crippen LogP contribution in [0.15, 0.2) is 30.3 Å². The van der Waals surface area contributed by atoms with Crippen molar-refractivity contribution in [3.8, 4) is 0 Å². The highest BCUT2D eigenvalue weighted by Gasteiger charge is 2.16. The molecule has 0 aliphatic carbocycles. The molecule has 2 aromatic rings. The number of urea groups is 1. The molecule has 2 amide bonds. The monoisotopic (exact) mass is 234 g/mol. The number of amides is 2. The summed E-state index contributed by atoms with van der Waals surface area (Å²) in [7, 11) is 1.72. The summed E-state index contributed by atoms with van der Waals surface area (Å²) in [6.07, 6.45) is 0. The average Bonchev–Trinajstić information content (AvgIpc) is 2.70. The van der Waals surface area contributed by atoms with Gasteiger partial charge in [-0.2, -0.15) is 0 Å². The van der Waals surface area contributed by atoms with Gasteiger partial charge in [-0.1, -0.05) is 18.2 Å². The molecule has 0 radical (unpaired) electrons. The lowest BCUT2D eigenvalue weighted by atomic mass is 10.2. The van der Waals surface area contributed by atoms with Crippen molar-refractivity contribution in [2.24, 2.45) is 5.73 Å². The maximum Gasteiger partial charge on any atom is 0.315 e. The second-order valence-electron chi connectivity index (χ2n) is 3.81. The Labute approximate surface area is 98.5 Å². The van der Waals surface area contributed by atoms with Crippen molar-refractivity contribution in [3.63, 3.8) is 0 Å². The van der Waals surface area contributed by atoms with E-state index >= 15 is 0 Å². The normalized spacial score (nSPS) is 12.6. The van der Waals surface area contributed by atoms with Crippen molar-refractivity contribution in [1.82, 2.24) is 4.90 Å². The number of nitrogens with two attached hydrogens (primary N) is 1. The third kappa shape index (κ3) is 1.88. The Hall–Kier alpha value is -1.55. The van der Waals surface area contributed by atoms with Crippen molar-refractivity contribution >= 4 is 27.5 Å². The van der Waals surface area contributed by atoms with Crippen LogP contribution in [0, 0.1) is 0 Å². The molecule has 4 heteroatoms. The lowest BCUT2D eigenvalue weighted by molar-refractivity contribution is 0.205. The number of nitrogens with zero attached hydrogens (tertiary/aromatic N) is 1. The van der Waals surface area contributed by atoms with Gasteiger partial charge in [-0.05, 0) is 24.4 Å². The van der Waals surface area contributed by atoms with E-state index < -0.39 is 6.03 Å². The zero-order chi connectivity index (χ0) is 11.7. The van der Waals surface area contributed by atoms with Gasteiger partial charge in [0.15, 0.2) is 0 Å². The van der Waals surface area contributed by atoms with Crippen LogP contribution in [0.3, 0.4) is 0 Å². The van der Waals surface area contributed by atoms with Crippen molar-refractivity contribution in [3.05, 3.63) is 35.2 Å². The molecule has 0 aliphatic rings. The van der Waals surface area contributed by atoms with Crippen LogP contribution in [0.2, 0.25) is 0 Å². The fourth-order valence-electron chi connectivity index (χ4n) is 1.59. The summed E-state index contributed by atoms with van der Waals surface area (Å²) >= 11 is 1.70. The molecule has 0 fully saturated rings. The Bertz CT molecular complexity index is 487. The Morgan fingerprint density at radius 1 is 1.44 bits per heavy atom. The van der Waals surface area contributed by atoms with E-state index in [-0.39, 0.29) is 6.04 Å². The molecule has 1 aromatic carbocycles. The van der Waals surface area contributed by atoms with Gasteiger partial charge in [0, 0.05) is 16.6 Å². The molecule has 2 rings (SSSR count). The second kappa shape index (κ2) is 4.14. The van der Waals surface area contributed by atoms with Crippen molar-refractivity contribution < 1.29 is 4.79 Å². The van der Waals surface area contributed by atoms with Crippen LogP contribution < -0.4 is 5.73 Å². The maximum absolute atomic E-state index is 11.1. The Balaban J connectivity index is 2.36. The van der Waals surface area contributed by atoms with Crippen molar-refractivity contribution in [1.29, 1.82) is 0 Å². The summed E-state index contributed by atoms with van der Waals surface area (Å²) in [6, 6.07) is 9.93. The van der Waals surface area contributed by atoms with Crippen LogP contribution in [0.4, 0.5) is 4.79 Å². The molecule has 0 saturated carbocycles. The SMILES string of the molecule is CC(c1cc2ccccc2s1)N(C)C(N)=O. The van der Waals surface area contributed by atoms with Crippen LogP contribution in [0.25, 0.3) is 10.1 Å². The first-order valence-corrected chi connectivity index (χ1v) is 5.92. The molecule has 16 heavy (non-hydrogen) atoms. The summed E-state index contributed by atoms with van der Waals surface area (Å²) in [5, 5.41) is 1.22. The summed E-state index contributed by atoms with van der Waals surface area (Å²) in [5.74, 6) is 0. The molecule has 3 nitrogen and oxygen atoms in total. The van der Waals surface area contributed by atoms with Crippen LogP contribution in [0.5, 0.6) is 0 Å². The largest absolute Gasteiger partial charge is 0.351 e. The number of carbonyl (C=O) groups is 1. The molecule has 0 saturated heterocycles. The zero-order valence-corrected chi connectivity index (χ0v) is 10.1. The molecule has 1 atom stereocenters. The number of fused-ring (bicyclic) bond motifs is 1. The number of hydrogen-bond donors (Lipinski definition) is 1. The molecule has 0 spiro atoms. The molecular weight excluding hydrogens is 220 g/mol. The fourth-order valence-corrected chi connectivity index (χ4v) is 2.75. The molecular formula is C12H14N2OS. The van der Waals surface area contributed by atoms with E-state index in [9.17, 15) is 4.79 Å². The fraction of sp³-hybridized carbons (Fsp3) is 0.250. The van der Waals surface area contributed by atoms with E-state index in [0.717, 1.165) is 4.88 Å². The van der Waals surface area contributed by atoms with Crippen LogP contribution in [-0.4, -0.2) is 18.0 Å².